The zero-order valence-corrected chi connectivity index (χ0v) is 13.5. The Hall–Kier alpha value is -1.13. The Morgan fingerprint density at radius 1 is 1.27 bits per heavy atom. The molecule has 10 heteroatoms. The topological polar surface area (TPSA) is 83.5 Å². The molecule has 0 fully saturated rings. The second kappa shape index (κ2) is 7.42. The number of halogens is 4. The minimum Gasteiger partial charge on any atom is -0.481 e. The van der Waals surface area contributed by atoms with Gasteiger partial charge >= 0.3 is 12.1 Å². The minimum atomic E-state index is -4.68. The molecule has 0 heterocycles. The van der Waals surface area contributed by atoms with Crippen molar-refractivity contribution in [3.05, 3.63) is 28.7 Å². The molecule has 1 rings (SSSR count). The molecule has 22 heavy (non-hydrogen) atoms. The first-order valence-electron chi connectivity index (χ1n) is 6.06. The number of benzene rings is 1. The Morgan fingerprint density at radius 2 is 1.82 bits per heavy atom. The van der Waals surface area contributed by atoms with Crippen molar-refractivity contribution in [2.24, 2.45) is 5.92 Å². The lowest BCUT2D eigenvalue weighted by Crippen LogP contribution is -2.36. The molecule has 0 saturated carbocycles. The molecule has 0 spiro atoms. The molecule has 0 radical (unpaired) electrons. The Balaban J connectivity index is 2.78. The summed E-state index contributed by atoms with van der Waals surface area (Å²) in [5, 5.41) is 8.45. The fraction of sp³-hybridized carbons (Fsp3) is 0.417. The van der Waals surface area contributed by atoms with E-state index >= 15 is 0 Å². The van der Waals surface area contributed by atoms with Crippen LogP contribution in [0.15, 0.2) is 33.6 Å². The number of sulfonamides is 1. The molecule has 0 aliphatic carbocycles. The quantitative estimate of drug-likeness (QED) is 0.732. The summed E-state index contributed by atoms with van der Waals surface area (Å²) in [7, 11) is -4.09. The number of carboxylic acids is 1. The number of hydrogen-bond acceptors (Lipinski definition) is 3. The van der Waals surface area contributed by atoms with E-state index in [4.69, 9.17) is 5.11 Å². The number of alkyl halides is 3. The third-order valence-electron chi connectivity index (χ3n) is 2.81. The summed E-state index contributed by atoms with van der Waals surface area (Å²) in [6, 6.07) is 5.37. The SMILES string of the molecule is O=C(O)CC[C@H](CNS(=O)(=O)c1ccc(Br)cc1)C(F)(F)F. The molecule has 0 bridgehead atoms. The van der Waals surface area contributed by atoms with Gasteiger partial charge in [-0.2, -0.15) is 13.2 Å². The number of hydrogen-bond donors (Lipinski definition) is 2. The van der Waals surface area contributed by atoms with Gasteiger partial charge in [0.05, 0.1) is 10.8 Å². The van der Waals surface area contributed by atoms with Crippen LogP contribution in [-0.2, 0) is 14.8 Å². The van der Waals surface area contributed by atoms with Crippen molar-refractivity contribution in [3.63, 3.8) is 0 Å². The van der Waals surface area contributed by atoms with E-state index < -0.39 is 47.5 Å². The van der Waals surface area contributed by atoms with Crippen molar-refractivity contribution in [1.29, 1.82) is 0 Å². The molecule has 0 saturated heterocycles. The van der Waals surface area contributed by atoms with Gasteiger partial charge in [0.1, 0.15) is 0 Å². The van der Waals surface area contributed by atoms with Crippen LogP contribution in [-0.4, -0.2) is 32.2 Å². The van der Waals surface area contributed by atoms with E-state index in [0.29, 0.717) is 4.47 Å². The third-order valence-corrected chi connectivity index (χ3v) is 4.78. The molecule has 1 aromatic rings. The highest BCUT2D eigenvalue weighted by Crippen LogP contribution is 2.29. The number of nitrogens with one attached hydrogen (secondary N) is 1. The summed E-state index contributed by atoms with van der Waals surface area (Å²) < 4.78 is 64.6. The van der Waals surface area contributed by atoms with Gasteiger partial charge in [-0.1, -0.05) is 15.9 Å². The van der Waals surface area contributed by atoms with Crippen LogP contribution in [0.1, 0.15) is 12.8 Å². The van der Waals surface area contributed by atoms with Gasteiger partial charge in [0.15, 0.2) is 0 Å². The van der Waals surface area contributed by atoms with Crippen LogP contribution in [0, 0.1) is 5.92 Å². The Labute approximate surface area is 133 Å². The first-order chi connectivity index (χ1) is 10.0. The second-order valence-corrected chi connectivity index (χ2v) is 7.16. The lowest BCUT2D eigenvalue weighted by molar-refractivity contribution is -0.175. The minimum absolute atomic E-state index is 0.171. The van der Waals surface area contributed by atoms with Gasteiger partial charge in [-0.05, 0) is 30.7 Å². The normalized spacial score (nSPS) is 13.8. The van der Waals surface area contributed by atoms with Gasteiger partial charge in [-0.15, -0.1) is 0 Å². The van der Waals surface area contributed by atoms with E-state index in [2.05, 4.69) is 15.9 Å². The summed E-state index contributed by atoms with van der Waals surface area (Å²) in [4.78, 5) is 10.2. The molecule has 0 amide bonds. The average Bonchev–Trinajstić information content (AvgIpc) is 2.37. The fourth-order valence-electron chi connectivity index (χ4n) is 1.59. The van der Waals surface area contributed by atoms with Crippen molar-refractivity contribution in [2.75, 3.05) is 6.54 Å². The molecular formula is C12H13BrF3NO4S. The van der Waals surface area contributed by atoms with E-state index in [0.717, 1.165) is 0 Å². The van der Waals surface area contributed by atoms with Gasteiger partial charge in [-0.25, -0.2) is 13.1 Å². The number of aliphatic carboxylic acids is 1. The van der Waals surface area contributed by atoms with Gasteiger partial charge in [0.25, 0.3) is 0 Å². The van der Waals surface area contributed by atoms with Crippen LogP contribution in [0.2, 0.25) is 0 Å². The summed E-state index contributed by atoms with van der Waals surface area (Å²) >= 11 is 3.11. The maximum atomic E-state index is 12.8. The molecular weight excluding hydrogens is 391 g/mol. The molecule has 0 aliphatic heterocycles. The zero-order chi connectivity index (χ0) is 17.0. The predicted octanol–water partition coefficient (Wildman–Crippen LogP) is 2.77. The van der Waals surface area contributed by atoms with E-state index in [-0.39, 0.29) is 4.90 Å². The van der Waals surface area contributed by atoms with Crippen LogP contribution in [0.5, 0.6) is 0 Å². The van der Waals surface area contributed by atoms with Crippen molar-refractivity contribution in [1.82, 2.24) is 4.72 Å². The summed E-state index contributed by atoms with van der Waals surface area (Å²) in [6.45, 7) is -0.908. The molecule has 0 aliphatic rings. The summed E-state index contributed by atoms with van der Waals surface area (Å²) in [6.07, 6.45) is -6.07. The average molecular weight is 404 g/mol. The van der Waals surface area contributed by atoms with Crippen molar-refractivity contribution in [3.8, 4) is 0 Å². The maximum Gasteiger partial charge on any atom is 0.393 e. The summed E-state index contributed by atoms with van der Waals surface area (Å²) in [5.74, 6) is -3.43. The maximum absolute atomic E-state index is 12.8. The number of carbonyl (C=O) groups is 1. The summed E-state index contributed by atoms with van der Waals surface area (Å²) in [5.41, 5.74) is 0. The van der Waals surface area contributed by atoms with Crippen LogP contribution in [0.3, 0.4) is 0 Å². The van der Waals surface area contributed by atoms with Crippen LogP contribution in [0.25, 0.3) is 0 Å². The molecule has 1 atom stereocenters. The van der Waals surface area contributed by atoms with E-state index in [9.17, 15) is 26.4 Å². The zero-order valence-electron chi connectivity index (χ0n) is 11.1. The molecule has 124 valence electrons. The standard InChI is InChI=1S/C12H13BrF3NO4S/c13-9-2-4-10(5-3-9)22(20,21)17-7-8(12(14,15)16)1-6-11(18)19/h2-5,8,17H,1,6-7H2,(H,18,19)/t8-/m1/s1. The van der Waals surface area contributed by atoms with Gasteiger partial charge in [-0.3, -0.25) is 4.79 Å². The van der Waals surface area contributed by atoms with Gasteiger partial charge in [0.2, 0.25) is 10.0 Å². The van der Waals surface area contributed by atoms with Gasteiger partial charge < -0.3 is 5.11 Å². The fourth-order valence-corrected chi connectivity index (χ4v) is 2.93. The smallest absolute Gasteiger partial charge is 0.393 e. The van der Waals surface area contributed by atoms with E-state index in [1.54, 1.807) is 0 Å². The van der Waals surface area contributed by atoms with E-state index in [1.165, 1.54) is 24.3 Å². The van der Waals surface area contributed by atoms with Crippen molar-refractivity contribution < 1.29 is 31.5 Å². The third kappa shape index (κ3) is 5.93. The lowest BCUT2D eigenvalue weighted by Gasteiger charge is -2.20. The molecule has 0 aromatic heterocycles. The van der Waals surface area contributed by atoms with Crippen LogP contribution < -0.4 is 4.72 Å². The van der Waals surface area contributed by atoms with E-state index in [1.807, 2.05) is 4.72 Å². The van der Waals surface area contributed by atoms with Crippen LogP contribution in [0.4, 0.5) is 13.2 Å². The molecule has 2 N–H and O–H groups in total. The monoisotopic (exact) mass is 403 g/mol. The molecule has 0 unspecified atom stereocenters. The predicted molar refractivity (Wildman–Crippen MR) is 75.7 cm³/mol. The highest BCUT2D eigenvalue weighted by Gasteiger charge is 2.40. The first-order valence-corrected chi connectivity index (χ1v) is 8.34. The highest BCUT2D eigenvalue weighted by molar-refractivity contribution is 9.10. The number of rotatable bonds is 7. The van der Waals surface area contributed by atoms with Crippen molar-refractivity contribution >= 4 is 31.9 Å². The highest BCUT2D eigenvalue weighted by atomic mass is 79.9. The lowest BCUT2D eigenvalue weighted by atomic mass is 10.0. The van der Waals surface area contributed by atoms with Crippen LogP contribution >= 0.6 is 15.9 Å². The number of carboxylic acid groups (broad SMARTS) is 1. The Kier molecular flexibility index (Phi) is 6.38. The second-order valence-electron chi connectivity index (χ2n) is 4.48. The molecule has 1 aromatic carbocycles. The first kappa shape index (κ1) is 18.9. The Morgan fingerprint density at radius 3 is 2.27 bits per heavy atom. The van der Waals surface area contributed by atoms with Crippen molar-refractivity contribution in [2.45, 2.75) is 23.9 Å². The molecule has 5 nitrogen and oxygen atoms in total. The Bertz CT molecular complexity index is 616. The largest absolute Gasteiger partial charge is 0.481 e. The van der Waals surface area contributed by atoms with Gasteiger partial charge in [0, 0.05) is 17.4 Å².